The fourth-order valence-corrected chi connectivity index (χ4v) is 3.62. The van der Waals surface area contributed by atoms with E-state index in [1.165, 1.54) is 0 Å². The molecule has 0 radical (unpaired) electrons. The summed E-state index contributed by atoms with van der Waals surface area (Å²) in [5, 5.41) is 1.05. The largest absolute Gasteiger partial charge is 0.399 e. The molecule has 2 heterocycles. The first-order valence-corrected chi connectivity index (χ1v) is 7.43. The fourth-order valence-electron chi connectivity index (χ4n) is 2.51. The maximum Gasteiger partial charge on any atom is 0.140 e. The van der Waals surface area contributed by atoms with Crippen LogP contribution in [0.5, 0.6) is 0 Å². The van der Waals surface area contributed by atoms with E-state index in [-0.39, 0.29) is 4.75 Å². The molecule has 0 spiro atoms. The van der Waals surface area contributed by atoms with E-state index in [0.29, 0.717) is 0 Å². The highest BCUT2D eigenvalue weighted by atomic mass is 32.2. The van der Waals surface area contributed by atoms with Crippen molar-refractivity contribution in [1.82, 2.24) is 9.97 Å². The molecule has 1 aliphatic heterocycles. The predicted octanol–water partition coefficient (Wildman–Crippen LogP) is 2.54. The van der Waals surface area contributed by atoms with Gasteiger partial charge in [0.25, 0.3) is 0 Å². The molecular formula is C14H18N4S. The summed E-state index contributed by atoms with van der Waals surface area (Å²) in [6.45, 7) is 6.58. The van der Waals surface area contributed by atoms with Gasteiger partial charge in [-0.05, 0) is 32.0 Å². The van der Waals surface area contributed by atoms with Crippen molar-refractivity contribution >= 4 is 34.2 Å². The highest BCUT2D eigenvalue weighted by Gasteiger charge is 2.28. The zero-order valence-electron chi connectivity index (χ0n) is 11.3. The first-order chi connectivity index (χ1) is 9.05. The van der Waals surface area contributed by atoms with Crippen LogP contribution in [0.25, 0.3) is 10.9 Å². The lowest BCUT2D eigenvalue weighted by atomic mass is 10.1. The lowest BCUT2D eigenvalue weighted by Gasteiger charge is -2.38. The Hall–Kier alpha value is -1.49. The molecule has 2 N–H and O–H groups in total. The maximum atomic E-state index is 5.90. The molecule has 100 valence electrons. The van der Waals surface area contributed by atoms with Gasteiger partial charge in [0.1, 0.15) is 12.1 Å². The number of fused-ring (bicyclic) bond motifs is 1. The second kappa shape index (κ2) is 4.56. The molecule has 2 aromatic rings. The summed E-state index contributed by atoms with van der Waals surface area (Å²) in [4.78, 5) is 11.2. The van der Waals surface area contributed by atoms with Crippen LogP contribution in [0, 0.1) is 0 Å². The molecule has 0 unspecified atom stereocenters. The number of thioether (sulfide) groups is 1. The topological polar surface area (TPSA) is 55.0 Å². The van der Waals surface area contributed by atoms with Gasteiger partial charge in [0.05, 0.1) is 5.52 Å². The SMILES string of the molecule is CC1(C)CN(c2ncnc3ccc(N)cc23)CCS1. The van der Waals surface area contributed by atoms with Gasteiger partial charge in [-0.2, -0.15) is 11.8 Å². The van der Waals surface area contributed by atoms with E-state index in [1.807, 2.05) is 30.0 Å². The van der Waals surface area contributed by atoms with Crippen LogP contribution in [-0.4, -0.2) is 33.6 Å². The number of aromatic nitrogens is 2. The van der Waals surface area contributed by atoms with Crippen molar-refractivity contribution in [3.63, 3.8) is 0 Å². The second-order valence-corrected chi connectivity index (χ2v) is 7.31. The number of hydrogen-bond donors (Lipinski definition) is 1. The molecule has 19 heavy (non-hydrogen) atoms. The molecule has 0 saturated carbocycles. The molecule has 1 aromatic heterocycles. The van der Waals surface area contributed by atoms with E-state index in [2.05, 4.69) is 28.7 Å². The Kier molecular flexibility index (Phi) is 3.01. The fraction of sp³-hybridized carbons (Fsp3) is 0.429. The minimum atomic E-state index is 0.260. The number of rotatable bonds is 1. The van der Waals surface area contributed by atoms with Crippen molar-refractivity contribution in [3.8, 4) is 0 Å². The third-order valence-corrected chi connectivity index (χ3v) is 4.66. The molecule has 3 rings (SSSR count). The summed E-state index contributed by atoms with van der Waals surface area (Å²) in [6.07, 6.45) is 1.64. The molecule has 0 aliphatic carbocycles. The van der Waals surface area contributed by atoms with Crippen molar-refractivity contribution in [2.75, 3.05) is 29.5 Å². The zero-order chi connectivity index (χ0) is 13.5. The number of nitrogens with zero attached hydrogens (tertiary/aromatic N) is 3. The normalized spacial score (nSPS) is 18.7. The molecule has 1 aromatic carbocycles. The van der Waals surface area contributed by atoms with Crippen LogP contribution in [0.3, 0.4) is 0 Å². The number of hydrogen-bond acceptors (Lipinski definition) is 5. The summed E-state index contributed by atoms with van der Waals surface area (Å²) in [5.41, 5.74) is 7.61. The van der Waals surface area contributed by atoms with Crippen LogP contribution in [-0.2, 0) is 0 Å². The Morgan fingerprint density at radius 2 is 2.16 bits per heavy atom. The van der Waals surface area contributed by atoms with Gasteiger partial charge < -0.3 is 10.6 Å². The number of benzene rings is 1. The third-order valence-electron chi connectivity index (χ3n) is 3.36. The Morgan fingerprint density at radius 1 is 1.32 bits per heavy atom. The quantitative estimate of drug-likeness (QED) is 0.810. The van der Waals surface area contributed by atoms with Gasteiger partial charge >= 0.3 is 0 Å². The first kappa shape index (κ1) is 12.5. The molecule has 1 saturated heterocycles. The summed E-state index contributed by atoms with van der Waals surface area (Å²) >= 11 is 2.02. The Bertz CT molecular complexity index is 611. The van der Waals surface area contributed by atoms with Crippen LogP contribution in [0.4, 0.5) is 11.5 Å². The van der Waals surface area contributed by atoms with Crippen molar-refractivity contribution in [2.24, 2.45) is 0 Å². The summed E-state index contributed by atoms with van der Waals surface area (Å²) in [7, 11) is 0. The van der Waals surface area contributed by atoms with Crippen LogP contribution in [0.1, 0.15) is 13.8 Å². The van der Waals surface area contributed by atoms with E-state index >= 15 is 0 Å². The average Bonchev–Trinajstić information content (AvgIpc) is 2.36. The minimum Gasteiger partial charge on any atom is -0.399 e. The first-order valence-electron chi connectivity index (χ1n) is 6.44. The number of nitrogens with two attached hydrogens (primary N) is 1. The Labute approximate surface area is 117 Å². The van der Waals surface area contributed by atoms with Crippen molar-refractivity contribution < 1.29 is 0 Å². The predicted molar refractivity (Wildman–Crippen MR) is 82.7 cm³/mol. The average molecular weight is 274 g/mol. The highest BCUT2D eigenvalue weighted by molar-refractivity contribution is 8.00. The second-order valence-electron chi connectivity index (χ2n) is 5.50. The zero-order valence-corrected chi connectivity index (χ0v) is 12.1. The standard InChI is InChI=1S/C14H18N4S/c1-14(2)8-18(5-6-19-14)13-11-7-10(15)3-4-12(11)16-9-17-13/h3-4,7,9H,5-6,8,15H2,1-2H3. The van der Waals surface area contributed by atoms with Crippen LogP contribution >= 0.6 is 11.8 Å². The van der Waals surface area contributed by atoms with E-state index in [4.69, 9.17) is 5.73 Å². The molecule has 0 amide bonds. The molecule has 4 nitrogen and oxygen atoms in total. The lowest BCUT2D eigenvalue weighted by molar-refractivity contribution is 0.643. The van der Waals surface area contributed by atoms with E-state index in [0.717, 1.165) is 41.3 Å². The van der Waals surface area contributed by atoms with Crippen molar-refractivity contribution in [1.29, 1.82) is 0 Å². The van der Waals surface area contributed by atoms with E-state index < -0.39 is 0 Å². The van der Waals surface area contributed by atoms with Crippen LogP contribution < -0.4 is 10.6 Å². The molecule has 1 aliphatic rings. The van der Waals surface area contributed by atoms with E-state index in [9.17, 15) is 0 Å². The number of nitrogen functional groups attached to an aromatic ring is 1. The Balaban J connectivity index is 2.07. The van der Waals surface area contributed by atoms with Gasteiger partial charge in [0, 0.05) is 34.7 Å². The Morgan fingerprint density at radius 3 is 2.95 bits per heavy atom. The summed E-state index contributed by atoms with van der Waals surface area (Å²) in [6, 6.07) is 5.81. The minimum absolute atomic E-state index is 0.260. The monoisotopic (exact) mass is 274 g/mol. The van der Waals surface area contributed by atoms with Gasteiger partial charge in [-0.25, -0.2) is 9.97 Å². The van der Waals surface area contributed by atoms with Crippen molar-refractivity contribution in [3.05, 3.63) is 24.5 Å². The molecule has 0 atom stereocenters. The maximum absolute atomic E-state index is 5.90. The summed E-state index contributed by atoms with van der Waals surface area (Å²) < 4.78 is 0.260. The van der Waals surface area contributed by atoms with Gasteiger partial charge in [0.15, 0.2) is 0 Å². The highest BCUT2D eigenvalue weighted by Crippen LogP contribution is 2.34. The molecule has 1 fully saturated rings. The van der Waals surface area contributed by atoms with E-state index in [1.54, 1.807) is 6.33 Å². The number of anilines is 2. The molecule has 0 bridgehead atoms. The van der Waals surface area contributed by atoms with Crippen LogP contribution in [0.15, 0.2) is 24.5 Å². The molecular weight excluding hydrogens is 256 g/mol. The lowest BCUT2D eigenvalue weighted by Crippen LogP contribution is -2.43. The van der Waals surface area contributed by atoms with Gasteiger partial charge in [-0.3, -0.25) is 0 Å². The third kappa shape index (κ3) is 2.47. The van der Waals surface area contributed by atoms with Gasteiger partial charge in [0.2, 0.25) is 0 Å². The molecule has 5 heteroatoms. The van der Waals surface area contributed by atoms with Crippen molar-refractivity contribution in [2.45, 2.75) is 18.6 Å². The smallest absolute Gasteiger partial charge is 0.140 e. The van der Waals surface area contributed by atoms with Gasteiger partial charge in [-0.15, -0.1) is 0 Å². The summed E-state index contributed by atoms with van der Waals surface area (Å²) in [5.74, 6) is 2.13. The van der Waals surface area contributed by atoms with Gasteiger partial charge in [-0.1, -0.05) is 0 Å². The van der Waals surface area contributed by atoms with Crippen LogP contribution in [0.2, 0.25) is 0 Å².